The Labute approximate surface area is 156 Å². The van der Waals surface area contributed by atoms with Gasteiger partial charge in [-0.2, -0.15) is 0 Å². The lowest BCUT2D eigenvalue weighted by Crippen LogP contribution is -2.50. The molecular formula is C20H21FN4O2. The summed E-state index contributed by atoms with van der Waals surface area (Å²) < 4.78 is 16.2. The molecule has 6 nitrogen and oxygen atoms in total. The van der Waals surface area contributed by atoms with Crippen molar-refractivity contribution >= 4 is 22.6 Å². The van der Waals surface area contributed by atoms with Crippen molar-refractivity contribution in [2.75, 3.05) is 31.1 Å². The molecule has 1 amide bonds. The lowest BCUT2D eigenvalue weighted by Gasteiger charge is -2.36. The van der Waals surface area contributed by atoms with Gasteiger partial charge in [0, 0.05) is 38.9 Å². The van der Waals surface area contributed by atoms with Crippen LogP contribution in [-0.2, 0) is 18.4 Å². The van der Waals surface area contributed by atoms with Gasteiger partial charge in [-0.3, -0.25) is 13.9 Å². The minimum absolute atomic E-state index is 0.0384. The number of benzene rings is 2. The second-order valence-corrected chi connectivity index (χ2v) is 6.76. The largest absolute Gasteiger partial charge is 0.368 e. The Morgan fingerprint density at radius 1 is 0.963 bits per heavy atom. The molecule has 1 aromatic heterocycles. The van der Waals surface area contributed by atoms with Crippen molar-refractivity contribution < 1.29 is 9.18 Å². The molecule has 0 radical (unpaired) electrons. The van der Waals surface area contributed by atoms with Crippen LogP contribution in [0.2, 0.25) is 0 Å². The van der Waals surface area contributed by atoms with Gasteiger partial charge in [0.1, 0.15) is 12.4 Å². The standard InChI is InChI=1S/C20H21FN4O2/c1-22-17-4-2-3-5-18(17)25(20(22)27)14-19(26)24-12-10-23(11-13-24)16-8-6-15(21)7-9-16/h2-9H,10-14H2,1H3. The first-order valence-corrected chi connectivity index (χ1v) is 8.97. The Kier molecular flexibility index (Phi) is 4.43. The molecule has 2 aromatic carbocycles. The van der Waals surface area contributed by atoms with Crippen molar-refractivity contribution in [3.05, 3.63) is 64.8 Å². The highest BCUT2D eigenvalue weighted by Crippen LogP contribution is 2.17. The molecule has 0 N–H and O–H groups in total. The average Bonchev–Trinajstić information content (AvgIpc) is 2.94. The fourth-order valence-corrected chi connectivity index (χ4v) is 3.62. The molecule has 0 aliphatic carbocycles. The number of aryl methyl sites for hydroxylation is 1. The summed E-state index contributed by atoms with van der Waals surface area (Å²) in [5.74, 6) is -0.319. The van der Waals surface area contributed by atoms with Crippen LogP contribution in [0.5, 0.6) is 0 Å². The molecule has 1 saturated heterocycles. The predicted octanol–water partition coefficient (Wildman–Crippen LogP) is 1.83. The van der Waals surface area contributed by atoms with Crippen LogP contribution in [-0.4, -0.2) is 46.1 Å². The van der Waals surface area contributed by atoms with Crippen molar-refractivity contribution in [3.8, 4) is 0 Å². The number of rotatable bonds is 3. The van der Waals surface area contributed by atoms with Crippen LogP contribution in [0.1, 0.15) is 0 Å². The number of piperazine rings is 1. The number of carbonyl (C=O) groups excluding carboxylic acids is 1. The third-order valence-electron chi connectivity index (χ3n) is 5.17. The van der Waals surface area contributed by atoms with E-state index in [1.807, 2.05) is 24.3 Å². The van der Waals surface area contributed by atoms with Gasteiger partial charge >= 0.3 is 5.69 Å². The van der Waals surface area contributed by atoms with E-state index in [1.165, 1.54) is 16.7 Å². The first-order chi connectivity index (χ1) is 13.0. The zero-order chi connectivity index (χ0) is 19.0. The molecule has 1 aliphatic rings. The highest BCUT2D eigenvalue weighted by atomic mass is 19.1. The molecule has 1 fully saturated rings. The summed E-state index contributed by atoms with van der Waals surface area (Å²) in [4.78, 5) is 29.2. The van der Waals surface area contributed by atoms with Crippen molar-refractivity contribution in [1.82, 2.24) is 14.0 Å². The number of carbonyl (C=O) groups is 1. The van der Waals surface area contributed by atoms with E-state index in [2.05, 4.69) is 4.90 Å². The van der Waals surface area contributed by atoms with Gasteiger partial charge in [-0.05, 0) is 36.4 Å². The first kappa shape index (κ1) is 17.3. The number of hydrogen-bond donors (Lipinski definition) is 0. The molecule has 0 unspecified atom stereocenters. The molecule has 2 heterocycles. The van der Waals surface area contributed by atoms with Crippen LogP contribution in [0.3, 0.4) is 0 Å². The van der Waals surface area contributed by atoms with E-state index in [-0.39, 0.29) is 24.0 Å². The quantitative estimate of drug-likeness (QED) is 0.709. The van der Waals surface area contributed by atoms with Gasteiger partial charge in [-0.15, -0.1) is 0 Å². The lowest BCUT2D eigenvalue weighted by atomic mass is 10.2. The van der Waals surface area contributed by atoms with Crippen molar-refractivity contribution in [1.29, 1.82) is 0 Å². The van der Waals surface area contributed by atoms with E-state index in [1.54, 1.807) is 28.6 Å². The minimum atomic E-state index is -0.256. The third kappa shape index (κ3) is 3.20. The lowest BCUT2D eigenvalue weighted by molar-refractivity contribution is -0.132. The number of amides is 1. The Bertz CT molecular complexity index is 1030. The summed E-state index contributed by atoms with van der Waals surface area (Å²) in [6, 6.07) is 13.9. The Morgan fingerprint density at radius 3 is 2.26 bits per heavy atom. The van der Waals surface area contributed by atoms with Crippen LogP contribution in [0.25, 0.3) is 11.0 Å². The molecule has 1 aliphatic heterocycles. The van der Waals surface area contributed by atoms with E-state index in [0.717, 1.165) is 16.7 Å². The van der Waals surface area contributed by atoms with Crippen molar-refractivity contribution in [2.45, 2.75) is 6.54 Å². The van der Waals surface area contributed by atoms with Gasteiger partial charge in [-0.25, -0.2) is 9.18 Å². The molecule has 140 valence electrons. The van der Waals surface area contributed by atoms with Gasteiger partial charge in [-0.1, -0.05) is 12.1 Å². The van der Waals surface area contributed by atoms with E-state index >= 15 is 0 Å². The Morgan fingerprint density at radius 2 is 1.59 bits per heavy atom. The zero-order valence-corrected chi connectivity index (χ0v) is 15.1. The van der Waals surface area contributed by atoms with Gasteiger partial charge in [0.2, 0.25) is 5.91 Å². The SMILES string of the molecule is Cn1c(=O)n(CC(=O)N2CCN(c3ccc(F)cc3)CC2)c2ccccc21. The van der Waals surface area contributed by atoms with Crippen LogP contribution >= 0.6 is 0 Å². The second-order valence-electron chi connectivity index (χ2n) is 6.76. The molecule has 0 saturated carbocycles. The molecule has 7 heteroatoms. The van der Waals surface area contributed by atoms with E-state index < -0.39 is 0 Å². The maximum absolute atomic E-state index is 13.1. The van der Waals surface area contributed by atoms with Gasteiger partial charge < -0.3 is 9.80 Å². The number of hydrogen-bond acceptors (Lipinski definition) is 3. The predicted molar refractivity (Wildman–Crippen MR) is 102 cm³/mol. The van der Waals surface area contributed by atoms with Crippen LogP contribution < -0.4 is 10.6 Å². The Hall–Kier alpha value is -3.09. The van der Waals surface area contributed by atoms with Crippen molar-refractivity contribution in [2.24, 2.45) is 7.05 Å². The number of nitrogens with zero attached hydrogens (tertiary/aromatic N) is 4. The number of aromatic nitrogens is 2. The fraction of sp³-hybridized carbons (Fsp3) is 0.300. The summed E-state index contributed by atoms with van der Waals surface area (Å²) in [7, 11) is 1.72. The van der Waals surface area contributed by atoms with Crippen molar-refractivity contribution in [3.63, 3.8) is 0 Å². The normalized spacial score (nSPS) is 14.7. The molecule has 27 heavy (non-hydrogen) atoms. The molecule has 0 spiro atoms. The number of para-hydroxylation sites is 2. The number of imidazole rings is 1. The highest BCUT2D eigenvalue weighted by Gasteiger charge is 2.23. The Balaban J connectivity index is 1.45. The smallest absolute Gasteiger partial charge is 0.329 e. The van der Waals surface area contributed by atoms with E-state index in [9.17, 15) is 14.0 Å². The monoisotopic (exact) mass is 368 g/mol. The highest BCUT2D eigenvalue weighted by molar-refractivity contribution is 5.81. The fourth-order valence-electron chi connectivity index (χ4n) is 3.62. The summed E-state index contributed by atoms with van der Waals surface area (Å²) in [5.41, 5.74) is 2.35. The first-order valence-electron chi connectivity index (χ1n) is 8.97. The average molecular weight is 368 g/mol. The van der Waals surface area contributed by atoms with E-state index in [4.69, 9.17) is 0 Å². The molecule has 0 atom stereocenters. The number of halogens is 1. The molecule has 3 aromatic rings. The zero-order valence-electron chi connectivity index (χ0n) is 15.1. The maximum Gasteiger partial charge on any atom is 0.329 e. The van der Waals surface area contributed by atoms with Crippen LogP contribution in [0.4, 0.5) is 10.1 Å². The third-order valence-corrected chi connectivity index (χ3v) is 5.17. The minimum Gasteiger partial charge on any atom is -0.368 e. The molecular weight excluding hydrogens is 347 g/mol. The second kappa shape index (κ2) is 6.90. The summed E-state index contributed by atoms with van der Waals surface area (Å²) in [6.07, 6.45) is 0. The van der Waals surface area contributed by atoms with Gasteiger partial charge in [0.25, 0.3) is 0 Å². The van der Waals surface area contributed by atoms with Crippen LogP contribution in [0.15, 0.2) is 53.3 Å². The summed E-state index contributed by atoms with van der Waals surface area (Å²) in [5, 5.41) is 0. The summed E-state index contributed by atoms with van der Waals surface area (Å²) >= 11 is 0. The number of fused-ring (bicyclic) bond motifs is 1. The van der Waals surface area contributed by atoms with Crippen LogP contribution in [0, 0.1) is 5.82 Å². The van der Waals surface area contributed by atoms with E-state index in [0.29, 0.717) is 26.2 Å². The maximum atomic E-state index is 13.1. The van der Waals surface area contributed by atoms with Gasteiger partial charge in [0.05, 0.1) is 11.0 Å². The topological polar surface area (TPSA) is 50.5 Å². The van der Waals surface area contributed by atoms with Gasteiger partial charge in [0.15, 0.2) is 0 Å². The number of anilines is 1. The summed E-state index contributed by atoms with van der Waals surface area (Å²) in [6.45, 7) is 2.56. The molecule has 4 rings (SSSR count). The molecule has 0 bridgehead atoms.